The van der Waals surface area contributed by atoms with Crippen LogP contribution in [0.5, 0.6) is 0 Å². The van der Waals surface area contributed by atoms with Gasteiger partial charge in [-0.1, -0.05) is 13.0 Å². The quantitative estimate of drug-likeness (QED) is 0.452. The summed E-state index contributed by atoms with van der Waals surface area (Å²) in [6.45, 7) is 9.90. The fraction of sp³-hybridized carbons (Fsp3) is 0.455. The zero-order valence-corrected chi connectivity index (χ0v) is 18.8. The Morgan fingerprint density at radius 1 is 1.22 bits per heavy atom. The third-order valence-corrected chi connectivity index (χ3v) is 6.50. The second-order valence-corrected chi connectivity index (χ2v) is 9.81. The van der Waals surface area contributed by atoms with Gasteiger partial charge in [0, 0.05) is 22.9 Å². The molecule has 6 N–H and O–H groups in total. The zero-order chi connectivity index (χ0) is 23.3. The zero-order valence-electron chi connectivity index (χ0n) is 18.8. The lowest BCUT2D eigenvalue weighted by Crippen LogP contribution is -2.71. The maximum atomic E-state index is 11.3. The summed E-state index contributed by atoms with van der Waals surface area (Å²) < 4.78 is 0.470. The second kappa shape index (κ2) is 7.63. The van der Waals surface area contributed by atoms with Crippen molar-refractivity contribution in [3.63, 3.8) is 0 Å². The molecule has 0 saturated carbocycles. The number of anilines is 2. The average Bonchev–Trinajstić information content (AvgIpc) is 3.06. The minimum Gasteiger partial charge on any atom is -0.530 e. The molecule has 1 amide bonds. The maximum absolute atomic E-state index is 11.3. The molecule has 0 aliphatic carbocycles. The number of H-pyrrole nitrogens is 1. The molecular formula is C22H30N8O2. The van der Waals surface area contributed by atoms with E-state index in [4.69, 9.17) is 11.5 Å². The number of nitrogens with zero attached hydrogens (tertiary/aromatic N) is 4. The molecule has 1 aliphatic rings. The predicted octanol–water partition coefficient (Wildman–Crippen LogP) is 1.63. The molecule has 3 atom stereocenters. The number of aromatic nitrogens is 4. The summed E-state index contributed by atoms with van der Waals surface area (Å²) in [5.74, 6) is 1.65. The van der Waals surface area contributed by atoms with E-state index < -0.39 is 6.09 Å². The van der Waals surface area contributed by atoms with Crippen LogP contribution in [0.1, 0.15) is 34.1 Å². The summed E-state index contributed by atoms with van der Waals surface area (Å²) in [4.78, 5) is 20.4. The van der Waals surface area contributed by atoms with Crippen molar-refractivity contribution in [3.8, 4) is 11.3 Å². The van der Waals surface area contributed by atoms with E-state index in [1.807, 2.05) is 24.3 Å². The Hall–Kier alpha value is -3.40. The highest BCUT2D eigenvalue weighted by atomic mass is 16.4. The van der Waals surface area contributed by atoms with Gasteiger partial charge < -0.3 is 26.7 Å². The van der Waals surface area contributed by atoms with Crippen LogP contribution in [0, 0.1) is 5.92 Å². The monoisotopic (exact) mass is 438 g/mol. The molecule has 0 radical (unpaired) electrons. The number of amides is 1. The molecule has 4 rings (SSSR count). The van der Waals surface area contributed by atoms with Gasteiger partial charge in [0.2, 0.25) is 11.8 Å². The summed E-state index contributed by atoms with van der Waals surface area (Å²) in [5, 5.41) is 21.7. The van der Waals surface area contributed by atoms with E-state index in [1.165, 1.54) is 0 Å². The van der Waals surface area contributed by atoms with Gasteiger partial charge in [-0.05, 0) is 39.3 Å². The number of likely N-dealkylation sites (tertiary alicyclic amines) is 1. The Bertz CT molecular complexity index is 1170. The van der Waals surface area contributed by atoms with Crippen LogP contribution in [0.4, 0.5) is 22.4 Å². The topological polar surface area (TPSA) is 159 Å². The van der Waals surface area contributed by atoms with Crippen LogP contribution in [0.25, 0.3) is 22.2 Å². The van der Waals surface area contributed by atoms with E-state index >= 15 is 0 Å². The first-order valence-corrected chi connectivity index (χ1v) is 10.7. The number of piperidine rings is 1. The number of carbonyl (C=O) groups is 1. The van der Waals surface area contributed by atoms with E-state index in [-0.39, 0.29) is 23.4 Å². The number of benzene rings is 1. The van der Waals surface area contributed by atoms with Crippen LogP contribution >= 0.6 is 0 Å². The molecule has 3 heterocycles. The number of carbonyl (C=O) groups excluding carboxylic acids is 1. The summed E-state index contributed by atoms with van der Waals surface area (Å²) in [7, 11) is 0. The van der Waals surface area contributed by atoms with E-state index in [0.29, 0.717) is 22.5 Å². The van der Waals surface area contributed by atoms with E-state index in [9.17, 15) is 9.90 Å². The van der Waals surface area contributed by atoms with Crippen molar-refractivity contribution < 1.29 is 9.90 Å². The molecule has 32 heavy (non-hydrogen) atoms. The second-order valence-electron chi connectivity index (χ2n) is 9.81. The highest BCUT2D eigenvalue weighted by Gasteiger charge is 2.49. The Kier molecular flexibility index (Phi) is 5.20. The van der Waals surface area contributed by atoms with Gasteiger partial charge in [0.25, 0.3) is 0 Å². The lowest BCUT2D eigenvalue weighted by atomic mass is 9.87. The van der Waals surface area contributed by atoms with Gasteiger partial charge in [0.15, 0.2) is 5.82 Å². The number of aromatic amines is 1. The van der Waals surface area contributed by atoms with Crippen LogP contribution in [-0.4, -0.2) is 50.9 Å². The average molecular weight is 439 g/mol. The Labute approximate surface area is 186 Å². The molecule has 170 valence electrons. The molecule has 1 aromatic carbocycles. The summed E-state index contributed by atoms with van der Waals surface area (Å²) in [6.07, 6.45) is -0.513. The van der Waals surface area contributed by atoms with Crippen molar-refractivity contribution in [1.29, 1.82) is 0 Å². The van der Waals surface area contributed by atoms with Crippen LogP contribution in [-0.2, 0) is 0 Å². The molecule has 0 spiro atoms. The number of quaternary nitrogens is 1. The lowest BCUT2D eigenvalue weighted by Gasteiger charge is -2.53. The third-order valence-electron chi connectivity index (χ3n) is 6.50. The normalized spacial score (nSPS) is 23.9. The van der Waals surface area contributed by atoms with Gasteiger partial charge in [-0.2, -0.15) is 10.1 Å². The summed E-state index contributed by atoms with van der Waals surface area (Å²) >= 11 is 0. The molecule has 2 aromatic heterocycles. The highest BCUT2D eigenvalue weighted by Crippen LogP contribution is 2.39. The largest absolute Gasteiger partial charge is 0.530 e. The van der Waals surface area contributed by atoms with Gasteiger partial charge >= 0.3 is 0 Å². The number of fused-ring (bicyclic) bond motifs is 1. The van der Waals surface area contributed by atoms with Gasteiger partial charge in [-0.25, -0.2) is 4.98 Å². The molecule has 10 heteroatoms. The highest BCUT2D eigenvalue weighted by molar-refractivity contribution is 5.91. The number of carboxylic acid groups (broad SMARTS) is 1. The molecule has 1 aliphatic heterocycles. The van der Waals surface area contributed by atoms with Crippen molar-refractivity contribution in [2.75, 3.05) is 24.6 Å². The van der Waals surface area contributed by atoms with E-state index in [0.717, 1.165) is 35.2 Å². The molecule has 1 unspecified atom stereocenters. The fourth-order valence-corrected chi connectivity index (χ4v) is 4.99. The van der Waals surface area contributed by atoms with Crippen LogP contribution in [0.15, 0.2) is 24.3 Å². The first-order chi connectivity index (χ1) is 15.0. The lowest BCUT2D eigenvalue weighted by molar-refractivity contribution is -0.252. The standard InChI is InChI=1S/C22H30N8O2/c1-12-7-14(25-21(31)32)11-30(10-12,22(2,3)4)18-9-16(26-20(24)27-18)13-5-6-15-17(8-13)28-29-19(15)23/h5-6,8-9,12,14,25H,7,10-11H2,1-4H3,(H5-,23,24,26,27,28,29,31,32)/t12-,14-,30?/m1/s1. The number of hydrogen-bond acceptors (Lipinski definition) is 7. The van der Waals surface area contributed by atoms with Crippen LogP contribution in [0.2, 0.25) is 0 Å². The number of nitrogens with two attached hydrogens (primary N) is 2. The van der Waals surface area contributed by atoms with Crippen molar-refractivity contribution >= 4 is 34.6 Å². The third kappa shape index (κ3) is 3.81. The number of hydrogen-bond donors (Lipinski definition) is 4. The van der Waals surface area contributed by atoms with Gasteiger partial charge in [-0.15, -0.1) is 0 Å². The van der Waals surface area contributed by atoms with Crippen molar-refractivity contribution in [2.24, 2.45) is 5.92 Å². The first-order valence-electron chi connectivity index (χ1n) is 10.7. The summed E-state index contributed by atoms with van der Waals surface area (Å²) in [6, 6.07) is 7.48. The van der Waals surface area contributed by atoms with Crippen molar-refractivity contribution in [2.45, 2.75) is 45.7 Å². The van der Waals surface area contributed by atoms with Gasteiger partial charge in [-0.3, -0.25) is 9.58 Å². The predicted molar refractivity (Wildman–Crippen MR) is 123 cm³/mol. The molecule has 1 saturated heterocycles. The molecule has 10 nitrogen and oxygen atoms in total. The first kappa shape index (κ1) is 21.8. The minimum atomic E-state index is -1.26. The smallest absolute Gasteiger partial charge is 0.233 e. The SMILES string of the molecule is C[C@@H]1C[C@@H](NC(=O)[O-])C[N+](c2cc(-c3ccc4c(N)n[nH]c4c3)nc(N)n2)(C(C)(C)C)C1. The molecule has 1 fully saturated rings. The van der Waals surface area contributed by atoms with Crippen molar-refractivity contribution in [3.05, 3.63) is 24.3 Å². The number of nitrogens with one attached hydrogen (secondary N) is 2. The Morgan fingerprint density at radius 3 is 2.66 bits per heavy atom. The Balaban J connectivity index is 1.83. The van der Waals surface area contributed by atoms with E-state index in [1.54, 1.807) is 0 Å². The van der Waals surface area contributed by atoms with Gasteiger partial charge in [0.1, 0.15) is 12.6 Å². The van der Waals surface area contributed by atoms with Crippen LogP contribution < -0.4 is 26.4 Å². The number of nitrogen functional groups attached to an aromatic ring is 2. The molecule has 3 aromatic rings. The van der Waals surface area contributed by atoms with Gasteiger partial charge in [0.05, 0.1) is 29.3 Å². The van der Waals surface area contributed by atoms with E-state index in [2.05, 4.69) is 53.2 Å². The molecule has 0 bridgehead atoms. The summed E-state index contributed by atoms with van der Waals surface area (Å²) in [5.41, 5.74) is 14.2. The Morgan fingerprint density at radius 2 is 1.97 bits per heavy atom. The minimum absolute atomic E-state index is 0.172. The maximum Gasteiger partial charge on any atom is 0.233 e. The van der Waals surface area contributed by atoms with Crippen molar-refractivity contribution in [1.82, 2.24) is 30.0 Å². The van der Waals surface area contributed by atoms with Crippen LogP contribution in [0.3, 0.4) is 0 Å². The number of rotatable bonds is 3. The fourth-order valence-electron chi connectivity index (χ4n) is 4.99. The molecular weight excluding hydrogens is 408 g/mol.